The molecule has 0 saturated heterocycles. The molecule has 0 aliphatic heterocycles. The van der Waals surface area contributed by atoms with Gasteiger partial charge in [-0.2, -0.15) is 10.1 Å². The van der Waals surface area contributed by atoms with E-state index < -0.39 is 5.97 Å². The van der Waals surface area contributed by atoms with Gasteiger partial charge in [0.25, 0.3) is 5.89 Å². The van der Waals surface area contributed by atoms with Crippen LogP contribution in [0.1, 0.15) is 22.1 Å². The first kappa shape index (κ1) is 14.0. The topological polar surface area (TPSA) is 83.0 Å². The summed E-state index contributed by atoms with van der Waals surface area (Å²) in [5.41, 5.74) is 1.99. The number of ether oxygens (including phenoxy) is 1. The van der Waals surface area contributed by atoms with Crippen LogP contribution in [0.2, 0.25) is 0 Å². The molecule has 0 spiro atoms. The summed E-state index contributed by atoms with van der Waals surface area (Å²) in [5.74, 6) is 0.274. The molecule has 0 aliphatic rings. The van der Waals surface area contributed by atoms with Crippen LogP contribution in [0, 0.1) is 6.92 Å². The Labute approximate surface area is 126 Å². The molecule has 3 aromatic rings. The third kappa shape index (κ3) is 2.73. The van der Waals surface area contributed by atoms with Crippen molar-refractivity contribution in [2.75, 3.05) is 0 Å². The molecule has 0 bridgehead atoms. The summed E-state index contributed by atoms with van der Waals surface area (Å²) in [5, 5.41) is 7.78. The van der Waals surface area contributed by atoms with Gasteiger partial charge in [-0.1, -0.05) is 35.5 Å². The van der Waals surface area contributed by atoms with Crippen molar-refractivity contribution in [1.82, 2.24) is 19.9 Å². The van der Waals surface area contributed by atoms with Crippen LogP contribution in [0.15, 0.2) is 41.1 Å². The number of rotatable bonds is 4. The standard InChI is InChI=1S/C15H14N4O3/c1-10-17-13(22-18-10)9-21-15(20)12-8-16-19(2)14(12)11-6-4-3-5-7-11/h3-8H,9H2,1-2H3. The average molecular weight is 298 g/mol. The molecule has 0 N–H and O–H groups in total. The summed E-state index contributed by atoms with van der Waals surface area (Å²) in [4.78, 5) is 16.3. The minimum Gasteiger partial charge on any atom is -0.452 e. The Balaban J connectivity index is 1.81. The number of esters is 1. The Kier molecular flexibility index (Phi) is 3.69. The van der Waals surface area contributed by atoms with E-state index in [4.69, 9.17) is 9.26 Å². The highest BCUT2D eigenvalue weighted by molar-refractivity contribution is 5.96. The van der Waals surface area contributed by atoms with Gasteiger partial charge < -0.3 is 9.26 Å². The lowest BCUT2D eigenvalue weighted by atomic mass is 10.1. The van der Waals surface area contributed by atoms with E-state index in [-0.39, 0.29) is 12.5 Å². The van der Waals surface area contributed by atoms with Gasteiger partial charge in [-0.05, 0) is 6.92 Å². The van der Waals surface area contributed by atoms with E-state index >= 15 is 0 Å². The lowest BCUT2D eigenvalue weighted by Crippen LogP contribution is -2.07. The van der Waals surface area contributed by atoms with E-state index in [1.165, 1.54) is 6.20 Å². The molecule has 0 amide bonds. The fourth-order valence-electron chi connectivity index (χ4n) is 2.13. The van der Waals surface area contributed by atoms with Crippen LogP contribution >= 0.6 is 0 Å². The summed E-state index contributed by atoms with van der Waals surface area (Å²) in [7, 11) is 1.78. The van der Waals surface area contributed by atoms with Gasteiger partial charge in [0.05, 0.1) is 11.9 Å². The molecule has 1 aromatic carbocycles. The van der Waals surface area contributed by atoms with Crippen molar-refractivity contribution in [3.63, 3.8) is 0 Å². The first-order valence-corrected chi connectivity index (χ1v) is 6.69. The fourth-order valence-corrected chi connectivity index (χ4v) is 2.13. The number of carbonyl (C=O) groups is 1. The molecule has 112 valence electrons. The van der Waals surface area contributed by atoms with Gasteiger partial charge in [0.15, 0.2) is 12.4 Å². The zero-order valence-corrected chi connectivity index (χ0v) is 12.2. The summed E-state index contributed by atoms with van der Waals surface area (Å²) in [6.07, 6.45) is 1.49. The number of aryl methyl sites for hydroxylation is 2. The molecule has 0 aliphatic carbocycles. The van der Waals surface area contributed by atoms with Crippen LogP contribution in [0.5, 0.6) is 0 Å². The van der Waals surface area contributed by atoms with Crippen LogP contribution in [-0.4, -0.2) is 25.9 Å². The van der Waals surface area contributed by atoms with E-state index in [9.17, 15) is 4.79 Å². The average Bonchev–Trinajstić information content (AvgIpc) is 3.11. The summed E-state index contributed by atoms with van der Waals surface area (Å²) >= 11 is 0. The van der Waals surface area contributed by atoms with Crippen LogP contribution in [0.25, 0.3) is 11.3 Å². The SMILES string of the molecule is Cc1noc(COC(=O)c2cnn(C)c2-c2ccccc2)n1. The Bertz CT molecular complexity index is 792. The second kappa shape index (κ2) is 5.80. The second-order valence-electron chi connectivity index (χ2n) is 4.71. The number of carbonyl (C=O) groups excluding carboxylic acids is 1. The molecular weight excluding hydrogens is 284 g/mol. The lowest BCUT2D eigenvalue weighted by Gasteiger charge is -2.06. The Morgan fingerprint density at radius 1 is 1.32 bits per heavy atom. The van der Waals surface area contributed by atoms with Crippen molar-refractivity contribution in [1.29, 1.82) is 0 Å². The van der Waals surface area contributed by atoms with Crippen LogP contribution < -0.4 is 0 Å². The van der Waals surface area contributed by atoms with Crippen molar-refractivity contribution < 1.29 is 14.1 Å². The maximum atomic E-state index is 12.3. The van der Waals surface area contributed by atoms with E-state index in [1.54, 1.807) is 18.7 Å². The molecule has 2 aromatic heterocycles. The van der Waals surface area contributed by atoms with Gasteiger partial charge in [0.1, 0.15) is 5.56 Å². The summed E-state index contributed by atoms with van der Waals surface area (Å²) in [6.45, 7) is 1.63. The predicted octanol–water partition coefficient (Wildman–Crippen LogP) is 2.14. The maximum absolute atomic E-state index is 12.3. The highest BCUT2D eigenvalue weighted by atomic mass is 16.6. The molecule has 7 heteroatoms. The fraction of sp³-hybridized carbons (Fsp3) is 0.200. The Hall–Kier alpha value is -2.96. The molecule has 0 radical (unpaired) electrons. The van der Waals surface area contributed by atoms with Gasteiger partial charge in [0.2, 0.25) is 0 Å². The number of nitrogens with zero attached hydrogens (tertiary/aromatic N) is 4. The monoisotopic (exact) mass is 298 g/mol. The maximum Gasteiger partial charge on any atom is 0.342 e. The lowest BCUT2D eigenvalue weighted by molar-refractivity contribution is 0.0430. The summed E-state index contributed by atoms with van der Waals surface area (Å²) in [6, 6.07) is 9.54. The molecule has 0 unspecified atom stereocenters. The van der Waals surface area contributed by atoms with Gasteiger partial charge in [-0.25, -0.2) is 4.79 Å². The van der Waals surface area contributed by atoms with Gasteiger partial charge in [0, 0.05) is 12.6 Å². The van der Waals surface area contributed by atoms with Crippen molar-refractivity contribution >= 4 is 5.97 Å². The largest absolute Gasteiger partial charge is 0.452 e. The number of aromatic nitrogens is 4. The molecule has 2 heterocycles. The molecular formula is C15H14N4O3. The van der Waals surface area contributed by atoms with Crippen molar-refractivity contribution in [3.8, 4) is 11.3 Å². The third-order valence-corrected chi connectivity index (χ3v) is 3.10. The van der Waals surface area contributed by atoms with E-state index in [1.807, 2.05) is 30.3 Å². The molecule has 22 heavy (non-hydrogen) atoms. The summed E-state index contributed by atoms with van der Waals surface area (Å²) < 4.78 is 11.8. The number of hydrogen-bond acceptors (Lipinski definition) is 6. The van der Waals surface area contributed by atoms with Gasteiger partial charge in [-0.15, -0.1) is 0 Å². The molecule has 0 saturated carbocycles. The molecule has 0 atom stereocenters. The second-order valence-corrected chi connectivity index (χ2v) is 4.71. The van der Waals surface area contributed by atoms with Crippen LogP contribution in [-0.2, 0) is 18.4 Å². The minimum absolute atomic E-state index is 0.0667. The third-order valence-electron chi connectivity index (χ3n) is 3.10. The highest BCUT2D eigenvalue weighted by Gasteiger charge is 2.19. The molecule has 7 nitrogen and oxygen atoms in total. The van der Waals surface area contributed by atoms with Crippen molar-refractivity contribution in [2.45, 2.75) is 13.5 Å². The Morgan fingerprint density at radius 2 is 2.09 bits per heavy atom. The predicted molar refractivity (Wildman–Crippen MR) is 76.8 cm³/mol. The van der Waals surface area contributed by atoms with E-state index in [0.29, 0.717) is 17.1 Å². The first-order chi connectivity index (χ1) is 10.6. The minimum atomic E-state index is -0.484. The van der Waals surface area contributed by atoms with Gasteiger partial charge in [-0.3, -0.25) is 4.68 Å². The zero-order chi connectivity index (χ0) is 15.5. The molecule has 3 rings (SSSR count). The quantitative estimate of drug-likeness (QED) is 0.686. The number of hydrogen-bond donors (Lipinski definition) is 0. The van der Waals surface area contributed by atoms with E-state index in [0.717, 1.165) is 5.56 Å². The first-order valence-electron chi connectivity index (χ1n) is 6.69. The Morgan fingerprint density at radius 3 is 2.77 bits per heavy atom. The zero-order valence-electron chi connectivity index (χ0n) is 12.2. The highest BCUT2D eigenvalue weighted by Crippen LogP contribution is 2.23. The van der Waals surface area contributed by atoms with Crippen LogP contribution in [0.3, 0.4) is 0 Å². The smallest absolute Gasteiger partial charge is 0.342 e. The van der Waals surface area contributed by atoms with Crippen LogP contribution in [0.4, 0.5) is 0 Å². The van der Waals surface area contributed by atoms with Crippen molar-refractivity contribution in [3.05, 3.63) is 53.8 Å². The number of benzene rings is 1. The van der Waals surface area contributed by atoms with E-state index in [2.05, 4.69) is 15.2 Å². The normalized spacial score (nSPS) is 10.6. The molecule has 0 fully saturated rings. The van der Waals surface area contributed by atoms with Gasteiger partial charge >= 0.3 is 5.97 Å². The van der Waals surface area contributed by atoms with Crippen molar-refractivity contribution in [2.24, 2.45) is 7.05 Å².